The van der Waals surface area contributed by atoms with Crippen LogP contribution >= 0.6 is 22.9 Å². The molecule has 206 valence electrons. The molecule has 0 amide bonds. The average molecular weight is 593 g/mol. The van der Waals surface area contributed by atoms with E-state index in [1.54, 1.807) is 42.9 Å². The fourth-order valence-electron chi connectivity index (χ4n) is 4.18. The molecular weight excluding hydrogens is 572 g/mol. The third-order valence-corrected chi connectivity index (χ3v) is 7.40. The van der Waals surface area contributed by atoms with Crippen LogP contribution in [0.4, 0.5) is 5.82 Å². The zero-order valence-electron chi connectivity index (χ0n) is 21.9. The molecule has 9 nitrogen and oxygen atoms in total. The van der Waals surface area contributed by atoms with E-state index in [0.29, 0.717) is 28.0 Å². The van der Waals surface area contributed by atoms with Crippen LogP contribution in [0, 0.1) is 11.8 Å². The molecule has 0 bridgehead atoms. The van der Waals surface area contributed by atoms with Crippen molar-refractivity contribution in [3.05, 3.63) is 140 Å². The van der Waals surface area contributed by atoms with E-state index >= 15 is 0 Å². The molecule has 11 heteroatoms. The van der Waals surface area contributed by atoms with Gasteiger partial charge in [-0.1, -0.05) is 41.6 Å². The number of furan rings is 1. The van der Waals surface area contributed by atoms with Crippen molar-refractivity contribution in [2.45, 2.75) is 13.1 Å². The first kappa shape index (κ1) is 27.0. The third-order valence-electron chi connectivity index (χ3n) is 6.17. The minimum atomic E-state index is -0.447. The van der Waals surface area contributed by atoms with Gasteiger partial charge < -0.3 is 14.3 Å². The van der Waals surface area contributed by atoms with Crippen LogP contribution in [0.25, 0.3) is 11.3 Å². The molecule has 0 saturated carbocycles. The average Bonchev–Trinajstić information content (AvgIpc) is 3.79. The highest BCUT2D eigenvalue weighted by Gasteiger charge is 2.20. The van der Waals surface area contributed by atoms with E-state index in [9.17, 15) is 9.59 Å². The van der Waals surface area contributed by atoms with Crippen molar-refractivity contribution in [1.29, 1.82) is 0 Å². The van der Waals surface area contributed by atoms with Gasteiger partial charge in [0, 0.05) is 46.2 Å². The summed E-state index contributed by atoms with van der Waals surface area (Å²) in [5.74, 6) is 6.22. The molecule has 42 heavy (non-hydrogen) atoms. The van der Waals surface area contributed by atoms with Gasteiger partial charge in [-0.3, -0.25) is 9.59 Å². The molecule has 0 aliphatic rings. The second-order valence-electron chi connectivity index (χ2n) is 9.11. The standard InChI is InChI=1S/C31H21ClN6O3S/c32-28-11-10-25(42-28)17-35-29-14-26(36-38(29)31(40)27-7-4-12-41-27)24-13-23(9-8-21-5-2-1-3-6-21)30(39)37(19-24)18-22-15-33-20-34-16-22/h1-7,10-16,19-20,35H,17-18H2. The van der Waals surface area contributed by atoms with Crippen molar-refractivity contribution in [1.82, 2.24) is 24.3 Å². The monoisotopic (exact) mass is 592 g/mol. The molecule has 0 aliphatic carbocycles. The van der Waals surface area contributed by atoms with Gasteiger partial charge in [-0.25, -0.2) is 9.97 Å². The van der Waals surface area contributed by atoms with Crippen LogP contribution in [0.3, 0.4) is 0 Å². The van der Waals surface area contributed by atoms with Crippen LogP contribution in [-0.4, -0.2) is 30.2 Å². The van der Waals surface area contributed by atoms with Crippen LogP contribution in [0.15, 0.2) is 107 Å². The Bertz CT molecular complexity index is 1970. The first-order chi connectivity index (χ1) is 20.5. The molecule has 0 fully saturated rings. The smallest absolute Gasteiger partial charge is 0.315 e. The maximum atomic E-state index is 13.5. The Balaban J connectivity index is 1.44. The van der Waals surface area contributed by atoms with Crippen molar-refractivity contribution in [2.24, 2.45) is 0 Å². The number of halogens is 1. The molecule has 6 rings (SSSR count). The highest BCUT2D eigenvalue weighted by atomic mass is 35.5. The Hall–Kier alpha value is -5.24. The molecule has 0 unspecified atom stereocenters. The minimum Gasteiger partial charge on any atom is -0.459 e. The highest BCUT2D eigenvalue weighted by Crippen LogP contribution is 2.26. The van der Waals surface area contributed by atoms with E-state index in [1.807, 2.05) is 42.5 Å². The first-order valence-electron chi connectivity index (χ1n) is 12.8. The fourth-order valence-corrected chi connectivity index (χ4v) is 5.21. The number of aromatic nitrogens is 5. The van der Waals surface area contributed by atoms with Crippen LogP contribution in [0.1, 0.15) is 32.1 Å². The molecule has 0 aliphatic heterocycles. The van der Waals surface area contributed by atoms with E-state index < -0.39 is 5.91 Å². The Morgan fingerprint density at radius 2 is 1.86 bits per heavy atom. The summed E-state index contributed by atoms with van der Waals surface area (Å²) in [4.78, 5) is 35.9. The summed E-state index contributed by atoms with van der Waals surface area (Å²) in [6, 6.07) is 19.8. The molecule has 0 spiro atoms. The Morgan fingerprint density at radius 1 is 1.02 bits per heavy atom. The summed E-state index contributed by atoms with van der Waals surface area (Å²) in [6.45, 7) is 0.652. The van der Waals surface area contributed by atoms with E-state index in [-0.39, 0.29) is 23.4 Å². The van der Waals surface area contributed by atoms with E-state index in [1.165, 1.54) is 33.2 Å². The van der Waals surface area contributed by atoms with Crippen molar-refractivity contribution < 1.29 is 9.21 Å². The van der Waals surface area contributed by atoms with Crippen molar-refractivity contribution in [3.63, 3.8) is 0 Å². The second-order valence-corrected chi connectivity index (χ2v) is 10.9. The van der Waals surface area contributed by atoms with Gasteiger partial charge in [0.2, 0.25) is 0 Å². The fraction of sp³-hybridized carbons (Fsp3) is 0.0645. The Labute approximate surface area is 249 Å². The maximum Gasteiger partial charge on any atom is 0.315 e. The maximum absolute atomic E-state index is 13.5. The van der Waals surface area contributed by atoms with Crippen LogP contribution in [0.2, 0.25) is 4.34 Å². The summed E-state index contributed by atoms with van der Waals surface area (Å²) in [6.07, 6.45) is 7.85. The molecule has 1 aromatic carbocycles. The lowest BCUT2D eigenvalue weighted by atomic mass is 10.1. The van der Waals surface area contributed by atoms with Crippen molar-refractivity contribution >= 4 is 34.7 Å². The number of hydrogen-bond donors (Lipinski definition) is 1. The van der Waals surface area contributed by atoms with E-state index in [0.717, 1.165) is 16.0 Å². The summed E-state index contributed by atoms with van der Waals surface area (Å²) in [5, 5.41) is 7.90. The lowest BCUT2D eigenvalue weighted by Crippen LogP contribution is -2.23. The molecule has 5 aromatic heterocycles. The van der Waals surface area contributed by atoms with Crippen LogP contribution in [-0.2, 0) is 13.1 Å². The lowest BCUT2D eigenvalue weighted by molar-refractivity contribution is 0.0920. The molecule has 5 heterocycles. The van der Waals surface area contributed by atoms with Gasteiger partial charge in [-0.05, 0) is 42.5 Å². The predicted molar refractivity (Wildman–Crippen MR) is 161 cm³/mol. The Kier molecular flexibility index (Phi) is 7.76. The SMILES string of the molecule is O=C(c1ccco1)n1nc(-c2cc(C#Cc3ccccc3)c(=O)n(Cc3cncnc3)c2)cc1NCc1ccc(Cl)s1. The highest BCUT2D eigenvalue weighted by molar-refractivity contribution is 7.16. The first-order valence-corrected chi connectivity index (χ1v) is 13.9. The quantitative estimate of drug-likeness (QED) is 0.242. The zero-order chi connectivity index (χ0) is 28.9. The van der Waals surface area contributed by atoms with E-state index in [4.69, 9.17) is 16.0 Å². The van der Waals surface area contributed by atoms with Gasteiger partial charge in [0.15, 0.2) is 5.76 Å². The van der Waals surface area contributed by atoms with Gasteiger partial charge >= 0.3 is 5.91 Å². The predicted octanol–water partition coefficient (Wildman–Crippen LogP) is 5.56. The lowest BCUT2D eigenvalue weighted by Gasteiger charge is -2.08. The van der Waals surface area contributed by atoms with Crippen molar-refractivity contribution in [3.8, 4) is 23.1 Å². The number of rotatable bonds is 7. The number of benzene rings is 1. The van der Waals surface area contributed by atoms with Gasteiger partial charge in [0.25, 0.3) is 5.56 Å². The molecule has 0 radical (unpaired) electrons. The minimum absolute atomic E-state index is 0.135. The normalized spacial score (nSPS) is 10.7. The van der Waals surface area contributed by atoms with Gasteiger partial charge in [0.05, 0.1) is 34.9 Å². The molecule has 1 N–H and O–H groups in total. The van der Waals surface area contributed by atoms with Crippen LogP contribution in [0.5, 0.6) is 0 Å². The van der Waals surface area contributed by atoms with Gasteiger partial charge in [-0.2, -0.15) is 9.78 Å². The summed E-state index contributed by atoms with van der Waals surface area (Å²) < 4.78 is 8.81. The number of carbonyl (C=O) groups excluding carboxylic acids is 1. The zero-order valence-corrected chi connectivity index (χ0v) is 23.5. The topological polar surface area (TPSA) is 108 Å². The van der Waals surface area contributed by atoms with E-state index in [2.05, 4.69) is 32.2 Å². The molecule has 0 atom stereocenters. The summed E-state index contributed by atoms with van der Waals surface area (Å²) in [5.41, 5.74) is 2.58. The number of pyridine rings is 1. The van der Waals surface area contributed by atoms with Gasteiger partial charge in [0.1, 0.15) is 12.1 Å². The second kappa shape index (κ2) is 12.1. The molecule has 0 saturated heterocycles. The summed E-state index contributed by atoms with van der Waals surface area (Å²) in [7, 11) is 0. The Morgan fingerprint density at radius 3 is 2.60 bits per heavy atom. The number of hydrogen-bond acceptors (Lipinski definition) is 8. The number of thiophene rings is 1. The molecular formula is C31H21ClN6O3S. The largest absolute Gasteiger partial charge is 0.459 e. The van der Waals surface area contributed by atoms with Crippen molar-refractivity contribution in [2.75, 3.05) is 5.32 Å². The van der Waals surface area contributed by atoms with Gasteiger partial charge in [-0.15, -0.1) is 11.3 Å². The van der Waals surface area contributed by atoms with Crippen LogP contribution < -0.4 is 10.9 Å². The number of nitrogens with one attached hydrogen (secondary N) is 1. The summed E-state index contributed by atoms with van der Waals surface area (Å²) >= 11 is 7.54. The number of nitrogens with zero attached hydrogens (tertiary/aromatic N) is 5. The third kappa shape index (κ3) is 6.07. The molecule has 6 aromatic rings. The number of anilines is 1. The number of carbonyl (C=O) groups is 1.